The van der Waals surface area contributed by atoms with Crippen molar-refractivity contribution in [1.82, 2.24) is 15.1 Å². The molecule has 2 aromatic rings. The lowest BCUT2D eigenvalue weighted by molar-refractivity contribution is 0.413. The average molecular weight is 281 g/mol. The SMILES string of the molecule is O=S1(=O)CCC(c2noc(-c3ccncc3O)n2)C1. The fourth-order valence-corrected chi connectivity index (χ4v) is 3.81. The van der Waals surface area contributed by atoms with Gasteiger partial charge in [-0.1, -0.05) is 5.16 Å². The molecule has 0 spiro atoms. The van der Waals surface area contributed by atoms with Crippen molar-refractivity contribution in [1.29, 1.82) is 0 Å². The molecule has 0 aliphatic carbocycles. The predicted molar refractivity (Wildman–Crippen MR) is 65.2 cm³/mol. The minimum Gasteiger partial charge on any atom is -0.505 e. The highest BCUT2D eigenvalue weighted by Gasteiger charge is 2.32. The Labute approximate surface area is 109 Å². The van der Waals surface area contributed by atoms with Crippen LogP contribution in [0.15, 0.2) is 23.0 Å². The van der Waals surface area contributed by atoms with E-state index in [4.69, 9.17) is 4.52 Å². The molecule has 1 unspecified atom stereocenters. The number of hydrogen-bond donors (Lipinski definition) is 1. The van der Waals surface area contributed by atoms with E-state index in [2.05, 4.69) is 15.1 Å². The van der Waals surface area contributed by atoms with Crippen LogP contribution in [0.3, 0.4) is 0 Å². The summed E-state index contributed by atoms with van der Waals surface area (Å²) in [4.78, 5) is 7.91. The van der Waals surface area contributed by atoms with Crippen molar-refractivity contribution in [3.63, 3.8) is 0 Å². The molecule has 19 heavy (non-hydrogen) atoms. The molecule has 0 aromatic carbocycles. The molecule has 3 heterocycles. The van der Waals surface area contributed by atoms with E-state index in [0.717, 1.165) is 0 Å². The summed E-state index contributed by atoms with van der Waals surface area (Å²) in [5, 5.41) is 13.4. The molecule has 100 valence electrons. The van der Waals surface area contributed by atoms with Crippen molar-refractivity contribution in [3.8, 4) is 17.2 Å². The maximum atomic E-state index is 11.4. The predicted octanol–water partition coefficient (Wildman–Crippen LogP) is 0.739. The lowest BCUT2D eigenvalue weighted by atomic mass is 10.1. The van der Waals surface area contributed by atoms with Gasteiger partial charge >= 0.3 is 0 Å². The monoisotopic (exact) mass is 281 g/mol. The average Bonchev–Trinajstić information content (AvgIpc) is 2.96. The zero-order valence-electron chi connectivity index (χ0n) is 9.85. The molecule has 1 saturated heterocycles. The second-order valence-electron chi connectivity index (χ2n) is 4.45. The van der Waals surface area contributed by atoms with Crippen LogP contribution in [0.1, 0.15) is 18.2 Å². The first-order valence-electron chi connectivity index (χ1n) is 5.72. The highest BCUT2D eigenvalue weighted by Crippen LogP contribution is 2.30. The zero-order valence-corrected chi connectivity index (χ0v) is 10.7. The summed E-state index contributed by atoms with van der Waals surface area (Å²) in [6.07, 6.45) is 3.28. The van der Waals surface area contributed by atoms with Gasteiger partial charge in [-0.3, -0.25) is 4.98 Å². The summed E-state index contributed by atoms with van der Waals surface area (Å²) in [6, 6.07) is 1.55. The summed E-state index contributed by atoms with van der Waals surface area (Å²) < 4.78 is 27.9. The van der Waals surface area contributed by atoms with E-state index < -0.39 is 9.84 Å². The van der Waals surface area contributed by atoms with E-state index >= 15 is 0 Å². The topological polar surface area (TPSA) is 106 Å². The van der Waals surface area contributed by atoms with Crippen molar-refractivity contribution in [2.24, 2.45) is 0 Å². The third-order valence-corrected chi connectivity index (χ3v) is 4.84. The smallest absolute Gasteiger partial charge is 0.261 e. The summed E-state index contributed by atoms with van der Waals surface area (Å²) in [6.45, 7) is 0. The molecule has 2 aromatic heterocycles. The maximum absolute atomic E-state index is 11.4. The van der Waals surface area contributed by atoms with Crippen LogP contribution in [0.5, 0.6) is 5.75 Å². The van der Waals surface area contributed by atoms with Gasteiger partial charge in [-0.15, -0.1) is 0 Å². The molecule has 1 aliphatic rings. The fourth-order valence-electron chi connectivity index (χ4n) is 2.08. The molecular formula is C11H11N3O4S. The highest BCUT2D eigenvalue weighted by atomic mass is 32.2. The first-order valence-corrected chi connectivity index (χ1v) is 7.55. The quantitative estimate of drug-likeness (QED) is 0.865. The summed E-state index contributed by atoms with van der Waals surface area (Å²) in [7, 11) is -2.99. The van der Waals surface area contributed by atoms with E-state index in [-0.39, 0.29) is 29.1 Å². The highest BCUT2D eigenvalue weighted by molar-refractivity contribution is 7.91. The lowest BCUT2D eigenvalue weighted by Crippen LogP contribution is -2.05. The molecule has 3 rings (SSSR count). The van der Waals surface area contributed by atoms with Crippen molar-refractivity contribution < 1.29 is 18.0 Å². The molecular weight excluding hydrogens is 270 g/mol. The Balaban J connectivity index is 1.91. The Hall–Kier alpha value is -1.96. The van der Waals surface area contributed by atoms with Crippen LogP contribution in [-0.2, 0) is 9.84 Å². The molecule has 1 N–H and O–H groups in total. The second kappa shape index (κ2) is 4.30. The molecule has 0 radical (unpaired) electrons. The minimum absolute atomic E-state index is 0.0499. The van der Waals surface area contributed by atoms with E-state index in [0.29, 0.717) is 17.8 Å². The Bertz CT molecular complexity index is 710. The van der Waals surface area contributed by atoms with Crippen molar-refractivity contribution in [3.05, 3.63) is 24.3 Å². The van der Waals surface area contributed by atoms with E-state index in [1.54, 1.807) is 6.07 Å². The minimum atomic E-state index is -2.99. The number of aromatic nitrogens is 3. The molecule has 1 fully saturated rings. The number of pyridine rings is 1. The van der Waals surface area contributed by atoms with Crippen molar-refractivity contribution >= 4 is 9.84 Å². The van der Waals surface area contributed by atoms with Gasteiger partial charge in [-0.25, -0.2) is 8.42 Å². The largest absolute Gasteiger partial charge is 0.505 e. The van der Waals surface area contributed by atoms with Gasteiger partial charge in [-0.2, -0.15) is 4.98 Å². The normalized spacial score (nSPS) is 21.6. The van der Waals surface area contributed by atoms with Crippen molar-refractivity contribution in [2.75, 3.05) is 11.5 Å². The van der Waals surface area contributed by atoms with Crippen LogP contribution in [0.25, 0.3) is 11.5 Å². The summed E-state index contributed by atoms with van der Waals surface area (Å²) in [5.41, 5.74) is 0.384. The molecule has 1 atom stereocenters. The summed E-state index contributed by atoms with van der Waals surface area (Å²) >= 11 is 0. The lowest BCUT2D eigenvalue weighted by Gasteiger charge is -1.98. The Morgan fingerprint density at radius 1 is 1.42 bits per heavy atom. The Morgan fingerprint density at radius 3 is 2.95 bits per heavy atom. The van der Waals surface area contributed by atoms with Crippen LogP contribution < -0.4 is 0 Å². The van der Waals surface area contributed by atoms with Gasteiger partial charge in [0.25, 0.3) is 5.89 Å². The van der Waals surface area contributed by atoms with Crippen LogP contribution in [0.2, 0.25) is 0 Å². The van der Waals surface area contributed by atoms with Gasteiger partial charge in [0.1, 0.15) is 5.75 Å². The maximum Gasteiger partial charge on any atom is 0.261 e. The van der Waals surface area contributed by atoms with Crippen LogP contribution >= 0.6 is 0 Å². The zero-order chi connectivity index (χ0) is 13.5. The van der Waals surface area contributed by atoms with Gasteiger partial charge < -0.3 is 9.63 Å². The molecule has 0 amide bonds. The van der Waals surface area contributed by atoms with Crippen LogP contribution in [0.4, 0.5) is 0 Å². The van der Waals surface area contributed by atoms with Crippen LogP contribution in [-0.4, -0.2) is 40.2 Å². The van der Waals surface area contributed by atoms with Gasteiger partial charge in [0, 0.05) is 12.1 Å². The van der Waals surface area contributed by atoms with Crippen LogP contribution in [0, 0.1) is 0 Å². The van der Waals surface area contributed by atoms with Gasteiger partial charge in [0.15, 0.2) is 15.7 Å². The van der Waals surface area contributed by atoms with Crippen molar-refractivity contribution in [2.45, 2.75) is 12.3 Å². The fraction of sp³-hybridized carbons (Fsp3) is 0.364. The first kappa shape index (κ1) is 12.1. The van der Waals surface area contributed by atoms with E-state index in [1.165, 1.54) is 12.4 Å². The number of hydrogen-bond acceptors (Lipinski definition) is 7. The standard InChI is InChI=1S/C11H11N3O4S/c15-9-5-12-3-1-8(9)11-13-10(14-18-11)7-2-4-19(16,17)6-7/h1,3,5,7,15H,2,4,6H2. The summed E-state index contributed by atoms with van der Waals surface area (Å²) in [5.74, 6) is 0.450. The molecule has 7 nitrogen and oxygen atoms in total. The number of aromatic hydroxyl groups is 1. The number of rotatable bonds is 2. The van der Waals surface area contributed by atoms with E-state index in [1.807, 2.05) is 0 Å². The van der Waals surface area contributed by atoms with E-state index in [9.17, 15) is 13.5 Å². The second-order valence-corrected chi connectivity index (χ2v) is 6.68. The first-order chi connectivity index (χ1) is 9.05. The number of sulfone groups is 1. The molecule has 1 aliphatic heterocycles. The number of nitrogens with zero attached hydrogens (tertiary/aromatic N) is 3. The molecule has 0 bridgehead atoms. The molecule has 8 heteroatoms. The Morgan fingerprint density at radius 2 is 2.26 bits per heavy atom. The van der Waals surface area contributed by atoms with Gasteiger partial charge in [0.2, 0.25) is 0 Å². The molecule has 0 saturated carbocycles. The third-order valence-electron chi connectivity index (χ3n) is 3.07. The third kappa shape index (κ3) is 2.30. The van der Waals surface area contributed by atoms with Gasteiger partial charge in [0.05, 0.1) is 23.3 Å². The Kier molecular flexibility index (Phi) is 2.74. The van der Waals surface area contributed by atoms with Gasteiger partial charge in [-0.05, 0) is 12.5 Å².